The minimum absolute atomic E-state index is 0.00695. The van der Waals surface area contributed by atoms with E-state index in [2.05, 4.69) is 16.0 Å². The van der Waals surface area contributed by atoms with E-state index in [9.17, 15) is 37.9 Å². The van der Waals surface area contributed by atoms with Crippen LogP contribution in [0.3, 0.4) is 0 Å². The van der Waals surface area contributed by atoms with Crippen molar-refractivity contribution >= 4 is 20.0 Å². The Morgan fingerprint density at radius 1 is 0.960 bits per heavy atom. The monoisotopic (exact) mass is 733 g/mol. The second-order valence-electron chi connectivity index (χ2n) is 11.7. The zero-order valence-corrected chi connectivity index (χ0v) is 29.4. The van der Waals surface area contributed by atoms with Crippen LogP contribution in [-0.4, -0.2) is 111 Å². The Kier molecular flexibility index (Phi) is 19.1. The molecular formula is C33H51F3N5O8P. The van der Waals surface area contributed by atoms with Gasteiger partial charge in [-0.25, -0.2) is 4.79 Å². The Balaban J connectivity index is 1.78. The van der Waals surface area contributed by atoms with E-state index in [0.717, 1.165) is 17.7 Å². The van der Waals surface area contributed by atoms with Gasteiger partial charge in [0.15, 0.2) is 5.66 Å². The number of carbonyl (C=O) groups is 2. The molecule has 0 aliphatic heterocycles. The topological polar surface area (TPSA) is 211 Å². The summed E-state index contributed by atoms with van der Waals surface area (Å²) in [7, 11) is 0.383. The van der Waals surface area contributed by atoms with Crippen molar-refractivity contribution in [1.29, 1.82) is 0 Å². The third kappa shape index (κ3) is 15.1. The number of aliphatic hydroxyl groups excluding tert-OH is 1. The van der Waals surface area contributed by atoms with Gasteiger partial charge in [0.2, 0.25) is 0 Å². The SMILES string of the molecule is CNCCOCCOCCOc1cc(C(N)(N)C(F)(F)F)ccc1C(=O)NCCCCCP(O)CC(O)CNC(C)c1cccc(C(=O)O)c1. The zero-order valence-electron chi connectivity index (χ0n) is 28.5. The first-order chi connectivity index (χ1) is 23.7. The van der Waals surface area contributed by atoms with Gasteiger partial charge in [0.05, 0.1) is 43.7 Å². The molecule has 3 atom stereocenters. The Hall–Kier alpha value is -2.92. The number of rotatable bonds is 25. The Bertz CT molecular complexity index is 1320. The molecule has 282 valence electrons. The van der Waals surface area contributed by atoms with Gasteiger partial charge in [0.25, 0.3) is 5.91 Å². The number of unbranched alkanes of at least 4 members (excludes halogenated alkanes) is 2. The number of carbonyl (C=O) groups excluding carboxylic acids is 1. The van der Waals surface area contributed by atoms with Gasteiger partial charge in [-0.1, -0.05) is 24.6 Å². The van der Waals surface area contributed by atoms with Gasteiger partial charge in [-0.3, -0.25) is 4.79 Å². The van der Waals surface area contributed by atoms with Crippen molar-refractivity contribution in [1.82, 2.24) is 16.0 Å². The van der Waals surface area contributed by atoms with Crippen LogP contribution in [0.15, 0.2) is 42.5 Å². The number of alkyl halides is 3. The maximum atomic E-state index is 13.5. The molecular weight excluding hydrogens is 682 g/mol. The molecule has 0 spiro atoms. The summed E-state index contributed by atoms with van der Waals surface area (Å²) in [5, 5.41) is 28.4. The first kappa shape index (κ1) is 43.2. The minimum Gasteiger partial charge on any atom is -0.490 e. The van der Waals surface area contributed by atoms with Gasteiger partial charge < -0.3 is 56.7 Å². The average Bonchev–Trinajstić information content (AvgIpc) is 3.07. The molecule has 0 saturated heterocycles. The fourth-order valence-corrected chi connectivity index (χ4v) is 6.01. The van der Waals surface area contributed by atoms with Crippen LogP contribution in [0.5, 0.6) is 5.75 Å². The maximum absolute atomic E-state index is 13.5. The highest BCUT2D eigenvalue weighted by Crippen LogP contribution is 2.35. The highest BCUT2D eigenvalue weighted by Gasteiger charge is 2.50. The summed E-state index contributed by atoms with van der Waals surface area (Å²) in [6, 6.07) is 9.58. The molecule has 0 bridgehead atoms. The molecule has 17 heteroatoms. The van der Waals surface area contributed by atoms with E-state index in [-0.39, 0.29) is 62.0 Å². The second-order valence-corrected chi connectivity index (χ2v) is 13.5. The molecule has 13 nitrogen and oxygen atoms in total. The van der Waals surface area contributed by atoms with Crippen LogP contribution >= 0.6 is 8.15 Å². The normalized spacial score (nSPS) is 13.9. The van der Waals surface area contributed by atoms with Crippen LogP contribution in [0, 0.1) is 0 Å². The third-order valence-corrected chi connectivity index (χ3v) is 9.30. The lowest BCUT2D eigenvalue weighted by Crippen LogP contribution is -2.57. The fourth-order valence-electron chi connectivity index (χ4n) is 4.62. The highest BCUT2D eigenvalue weighted by atomic mass is 31.1. The summed E-state index contributed by atoms with van der Waals surface area (Å²) in [4.78, 5) is 34.6. The molecule has 2 rings (SSSR count). The number of hydrogen-bond acceptors (Lipinski definition) is 11. The van der Waals surface area contributed by atoms with Gasteiger partial charge in [-0.2, -0.15) is 13.2 Å². The predicted molar refractivity (Wildman–Crippen MR) is 184 cm³/mol. The number of nitrogens with one attached hydrogen (secondary N) is 3. The lowest BCUT2D eigenvalue weighted by molar-refractivity contribution is -0.188. The van der Waals surface area contributed by atoms with E-state index in [1.54, 1.807) is 25.2 Å². The number of aliphatic hydroxyl groups is 1. The number of carboxylic acids is 1. The third-order valence-electron chi connectivity index (χ3n) is 7.62. The zero-order chi connectivity index (χ0) is 37.2. The minimum atomic E-state index is -4.95. The molecule has 0 aliphatic rings. The van der Waals surface area contributed by atoms with Gasteiger partial charge >= 0.3 is 12.1 Å². The molecule has 10 N–H and O–H groups in total. The van der Waals surface area contributed by atoms with E-state index in [1.165, 1.54) is 12.1 Å². The van der Waals surface area contributed by atoms with Crippen molar-refractivity contribution in [2.75, 3.05) is 72.0 Å². The van der Waals surface area contributed by atoms with Crippen molar-refractivity contribution in [2.45, 2.75) is 50.2 Å². The number of hydrogen-bond donors (Lipinski definition) is 8. The smallest absolute Gasteiger partial charge is 0.423 e. The summed E-state index contributed by atoms with van der Waals surface area (Å²) < 4.78 is 56.9. The number of likely N-dealkylation sites (N-methyl/N-ethyl adjacent to an activating group) is 1. The average molecular weight is 734 g/mol. The van der Waals surface area contributed by atoms with Gasteiger partial charge in [-0.15, -0.1) is 0 Å². The molecule has 0 radical (unpaired) electrons. The Morgan fingerprint density at radius 2 is 1.66 bits per heavy atom. The van der Waals surface area contributed by atoms with Crippen LogP contribution in [0.2, 0.25) is 0 Å². The lowest BCUT2D eigenvalue weighted by Gasteiger charge is -2.28. The summed E-state index contributed by atoms with van der Waals surface area (Å²) in [5.41, 5.74) is 8.11. The summed E-state index contributed by atoms with van der Waals surface area (Å²) in [5.74, 6) is -1.70. The molecule has 3 unspecified atom stereocenters. The van der Waals surface area contributed by atoms with E-state index >= 15 is 0 Å². The van der Waals surface area contributed by atoms with Crippen molar-refractivity contribution in [3.63, 3.8) is 0 Å². The summed E-state index contributed by atoms with van der Waals surface area (Å²) in [6.07, 6.45) is -3.11. The van der Waals surface area contributed by atoms with Gasteiger partial charge in [0.1, 0.15) is 12.4 Å². The molecule has 0 aromatic heterocycles. The van der Waals surface area contributed by atoms with E-state index in [1.807, 2.05) is 6.92 Å². The summed E-state index contributed by atoms with van der Waals surface area (Å²) in [6.45, 7) is 4.24. The summed E-state index contributed by atoms with van der Waals surface area (Å²) >= 11 is 0. The number of ether oxygens (including phenoxy) is 3. The van der Waals surface area contributed by atoms with Gasteiger partial charge in [-0.05, 0) is 68.4 Å². The molecule has 0 fully saturated rings. The molecule has 50 heavy (non-hydrogen) atoms. The highest BCUT2D eigenvalue weighted by molar-refractivity contribution is 7.51. The van der Waals surface area contributed by atoms with Crippen molar-refractivity contribution in [3.05, 3.63) is 64.7 Å². The van der Waals surface area contributed by atoms with E-state index in [0.29, 0.717) is 45.2 Å². The fraction of sp³-hybridized carbons (Fsp3) is 0.576. The van der Waals surface area contributed by atoms with Crippen molar-refractivity contribution < 1.29 is 52.1 Å². The Labute approximate surface area is 292 Å². The van der Waals surface area contributed by atoms with Gasteiger partial charge in [0, 0.05) is 40.0 Å². The number of halogens is 3. The Morgan fingerprint density at radius 3 is 2.34 bits per heavy atom. The van der Waals surface area contributed by atoms with Crippen LogP contribution < -0.4 is 32.2 Å². The second kappa shape index (κ2) is 22.1. The van der Waals surface area contributed by atoms with Crippen LogP contribution in [0.25, 0.3) is 0 Å². The standard InChI is InChI=1S/C33H51F3N5O8P/c1-23(24-7-6-8-25(19-24)31(44)45)41-21-27(42)22-50(46)18-5-3-4-11-40-30(43)28-10-9-26(32(37,38)33(34,35)36)20-29(28)49-17-16-48-15-14-47-13-12-39-2/h6-10,19-20,23,27,39,41-42,46H,3-5,11-18,21-22,37-38H2,1-2H3,(H,40,43)(H,44,45). The molecule has 2 aromatic carbocycles. The van der Waals surface area contributed by atoms with E-state index < -0.39 is 43.5 Å². The molecule has 0 saturated carbocycles. The van der Waals surface area contributed by atoms with Crippen LogP contribution in [0.4, 0.5) is 13.2 Å². The number of amides is 1. The predicted octanol–water partition coefficient (Wildman–Crippen LogP) is 2.65. The van der Waals surface area contributed by atoms with E-state index in [4.69, 9.17) is 25.7 Å². The maximum Gasteiger partial charge on any atom is 0.423 e. The first-order valence-corrected chi connectivity index (χ1v) is 18.0. The number of aromatic carboxylic acids is 1. The number of carboxylic acid groups (broad SMARTS) is 1. The largest absolute Gasteiger partial charge is 0.490 e. The van der Waals surface area contributed by atoms with Crippen molar-refractivity contribution in [2.24, 2.45) is 11.5 Å². The number of nitrogens with two attached hydrogens (primary N) is 2. The molecule has 0 heterocycles. The quantitative estimate of drug-likeness (QED) is 0.0421. The van der Waals surface area contributed by atoms with Crippen LogP contribution in [-0.2, 0) is 15.1 Å². The lowest BCUT2D eigenvalue weighted by atomic mass is 9.98. The number of benzene rings is 2. The van der Waals surface area contributed by atoms with Crippen molar-refractivity contribution in [3.8, 4) is 5.75 Å². The molecule has 1 amide bonds. The molecule has 0 aliphatic carbocycles. The van der Waals surface area contributed by atoms with Crippen LogP contribution in [0.1, 0.15) is 64.1 Å². The molecule has 2 aromatic rings. The first-order valence-electron chi connectivity index (χ1n) is 16.4.